The minimum atomic E-state index is 0.186. The van der Waals surface area contributed by atoms with Crippen molar-refractivity contribution in [1.29, 1.82) is 0 Å². The van der Waals surface area contributed by atoms with Gasteiger partial charge in [-0.1, -0.05) is 13.3 Å². The maximum atomic E-state index is 4.48. The van der Waals surface area contributed by atoms with Crippen LogP contribution in [0.3, 0.4) is 0 Å². The van der Waals surface area contributed by atoms with Gasteiger partial charge in [0.15, 0.2) is 0 Å². The summed E-state index contributed by atoms with van der Waals surface area (Å²) in [6.45, 7) is 3.08. The number of aryl methyl sites for hydroxylation is 2. The fourth-order valence-electron chi connectivity index (χ4n) is 2.85. The Balaban J connectivity index is 1.92. The number of nitrogens with one attached hydrogen (secondary N) is 1. The van der Waals surface area contributed by atoms with E-state index in [-0.39, 0.29) is 6.04 Å². The van der Waals surface area contributed by atoms with Crippen molar-refractivity contribution in [1.82, 2.24) is 15.3 Å². The standard InChI is InChI=1S/C16H21N3S/c1-2-18-16(13-11-17-8-9-19-13)15-10-12-6-4-3-5-7-14(12)20-15/h8-11,16,18H,2-7H2,1H3. The van der Waals surface area contributed by atoms with E-state index in [9.17, 15) is 0 Å². The molecule has 106 valence electrons. The van der Waals surface area contributed by atoms with E-state index in [0.717, 1.165) is 12.2 Å². The fourth-order valence-corrected chi connectivity index (χ4v) is 4.19. The molecule has 2 heterocycles. The van der Waals surface area contributed by atoms with Crippen LogP contribution in [0.4, 0.5) is 0 Å². The molecule has 0 bridgehead atoms. The zero-order valence-corrected chi connectivity index (χ0v) is 12.7. The summed E-state index contributed by atoms with van der Waals surface area (Å²) in [4.78, 5) is 11.7. The normalized spacial score (nSPS) is 16.4. The van der Waals surface area contributed by atoms with Crippen molar-refractivity contribution < 1.29 is 0 Å². The Kier molecular flexibility index (Phi) is 4.43. The first-order chi connectivity index (χ1) is 9.88. The van der Waals surface area contributed by atoms with Gasteiger partial charge >= 0.3 is 0 Å². The summed E-state index contributed by atoms with van der Waals surface area (Å²) in [5, 5.41) is 3.55. The Hall–Kier alpha value is -1.26. The molecular formula is C16H21N3S. The summed E-state index contributed by atoms with van der Waals surface area (Å²) in [6, 6.07) is 2.58. The first kappa shape index (κ1) is 13.7. The third-order valence-electron chi connectivity index (χ3n) is 3.84. The van der Waals surface area contributed by atoms with Gasteiger partial charge in [0, 0.05) is 22.1 Å². The lowest BCUT2D eigenvalue weighted by Crippen LogP contribution is -2.22. The van der Waals surface area contributed by atoms with Gasteiger partial charge in [-0.05, 0) is 43.9 Å². The van der Waals surface area contributed by atoms with E-state index in [1.54, 1.807) is 22.8 Å². The second-order valence-corrected chi connectivity index (χ2v) is 6.45. The zero-order chi connectivity index (χ0) is 13.8. The van der Waals surface area contributed by atoms with E-state index < -0.39 is 0 Å². The third kappa shape index (κ3) is 2.91. The average molecular weight is 287 g/mol. The molecule has 1 atom stereocenters. The smallest absolute Gasteiger partial charge is 0.0860 e. The van der Waals surface area contributed by atoms with Crippen LogP contribution < -0.4 is 5.32 Å². The van der Waals surface area contributed by atoms with Crippen LogP contribution in [0.2, 0.25) is 0 Å². The van der Waals surface area contributed by atoms with Crippen LogP contribution in [0.1, 0.15) is 53.2 Å². The summed E-state index contributed by atoms with van der Waals surface area (Å²) in [7, 11) is 0. The minimum Gasteiger partial charge on any atom is -0.305 e. The molecule has 1 unspecified atom stereocenters. The number of thiophene rings is 1. The predicted molar refractivity (Wildman–Crippen MR) is 83.1 cm³/mol. The summed E-state index contributed by atoms with van der Waals surface area (Å²) in [6.07, 6.45) is 11.9. The third-order valence-corrected chi connectivity index (χ3v) is 5.14. The van der Waals surface area contributed by atoms with Crippen LogP contribution in [-0.4, -0.2) is 16.5 Å². The summed E-state index contributed by atoms with van der Waals surface area (Å²) < 4.78 is 0. The van der Waals surface area contributed by atoms with E-state index in [1.165, 1.54) is 37.0 Å². The van der Waals surface area contributed by atoms with Crippen LogP contribution >= 0.6 is 11.3 Å². The molecule has 3 nitrogen and oxygen atoms in total. The zero-order valence-electron chi connectivity index (χ0n) is 11.9. The number of aromatic nitrogens is 2. The number of rotatable bonds is 4. The maximum Gasteiger partial charge on any atom is 0.0860 e. The van der Waals surface area contributed by atoms with Gasteiger partial charge in [0.2, 0.25) is 0 Å². The van der Waals surface area contributed by atoms with Crippen molar-refractivity contribution >= 4 is 11.3 Å². The van der Waals surface area contributed by atoms with Crippen molar-refractivity contribution in [2.24, 2.45) is 0 Å². The molecule has 0 saturated heterocycles. The van der Waals surface area contributed by atoms with Crippen LogP contribution in [0, 0.1) is 0 Å². The second kappa shape index (κ2) is 6.46. The van der Waals surface area contributed by atoms with Gasteiger partial charge in [-0.2, -0.15) is 0 Å². The molecule has 0 radical (unpaired) electrons. The highest BCUT2D eigenvalue weighted by molar-refractivity contribution is 7.12. The molecule has 0 saturated carbocycles. The van der Waals surface area contributed by atoms with Crippen molar-refractivity contribution in [3.63, 3.8) is 0 Å². The summed E-state index contributed by atoms with van der Waals surface area (Å²) in [5.74, 6) is 0. The number of hydrogen-bond donors (Lipinski definition) is 1. The highest BCUT2D eigenvalue weighted by atomic mass is 32.1. The Morgan fingerprint density at radius 2 is 2.15 bits per heavy atom. The van der Waals surface area contributed by atoms with E-state index >= 15 is 0 Å². The minimum absolute atomic E-state index is 0.186. The quantitative estimate of drug-likeness (QED) is 0.875. The van der Waals surface area contributed by atoms with Crippen molar-refractivity contribution in [2.75, 3.05) is 6.54 Å². The molecule has 3 rings (SSSR count). The topological polar surface area (TPSA) is 37.8 Å². The Morgan fingerprint density at radius 1 is 1.25 bits per heavy atom. The second-order valence-electron chi connectivity index (χ2n) is 5.28. The van der Waals surface area contributed by atoms with Gasteiger partial charge in [0.1, 0.15) is 0 Å². The van der Waals surface area contributed by atoms with Crippen LogP contribution in [0.15, 0.2) is 24.7 Å². The first-order valence-corrected chi connectivity index (χ1v) is 8.31. The average Bonchev–Trinajstić information content (AvgIpc) is 2.76. The van der Waals surface area contributed by atoms with E-state index in [0.29, 0.717) is 0 Å². The number of hydrogen-bond acceptors (Lipinski definition) is 4. The molecule has 1 aliphatic rings. The fraction of sp³-hybridized carbons (Fsp3) is 0.500. The van der Waals surface area contributed by atoms with Crippen molar-refractivity contribution in [3.8, 4) is 0 Å². The maximum absolute atomic E-state index is 4.48. The van der Waals surface area contributed by atoms with Gasteiger partial charge in [-0.3, -0.25) is 9.97 Å². The Morgan fingerprint density at radius 3 is 2.95 bits per heavy atom. The van der Waals surface area contributed by atoms with Crippen molar-refractivity contribution in [2.45, 2.75) is 45.1 Å². The lowest BCUT2D eigenvalue weighted by atomic mass is 10.1. The van der Waals surface area contributed by atoms with Gasteiger partial charge in [0.05, 0.1) is 17.9 Å². The molecule has 0 aliphatic heterocycles. The van der Waals surface area contributed by atoms with Crippen LogP contribution in [0.5, 0.6) is 0 Å². The number of fused-ring (bicyclic) bond motifs is 1. The van der Waals surface area contributed by atoms with E-state index in [1.807, 2.05) is 17.5 Å². The lowest BCUT2D eigenvalue weighted by Gasteiger charge is -2.15. The molecule has 1 aliphatic carbocycles. The van der Waals surface area contributed by atoms with E-state index in [4.69, 9.17) is 0 Å². The van der Waals surface area contributed by atoms with Gasteiger partial charge in [0.25, 0.3) is 0 Å². The van der Waals surface area contributed by atoms with Gasteiger partial charge < -0.3 is 5.32 Å². The SMILES string of the molecule is CCNC(c1cnccn1)c1cc2c(s1)CCCCC2. The molecule has 2 aromatic heterocycles. The molecule has 1 N–H and O–H groups in total. The monoisotopic (exact) mass is 287 g/mol. The van der Waals surface area contributed by atoms with Crippen LogP contribution in [0.25, 0.3) is 0 Å². The largest absolute Gasteiger partial charge is 0.305 e. The Bertz CT molecular complexity index is 527. The Labute approximate surface area is 124 Å². The van der Waals surface area contributed by atoms with Gasteiger partial charge in [-0.25, -0.2) is 0 Å². The number of nitrogens with zero attached hydrogens (tertiary/aromatic N) is 2. The van der Waals surface area contributed by atoms with Crippen LogP contribution in [-0.2, 0) is 12.8 Å². The first-order valence-electron chi connectivity index (χ1n) is 7.49. The van der Waals surface area contributed by atoms with Crippen molar-refractivity contribution in [3.05, 3.63) is 45.7 Å². The van der Waals surface area contributed by atoms with E-state index in [2.05, 4.69) is 28.3 Å². The molecule has 4 heteroatoms. The summed E-state index contributed by atoms with van der Waals surface area (Å²) in [5.41, 5.74) is 2.58. The molecule has 0 aromatic carbocycles. The molecule has 20 heavy (non-hydrogen) atoms. The lowest BCUT2D eigenvalue weighted by molar-refractivity contribution is 0.620. The highest BCUT2D eigenvalue weighted by Gasteiger charge is 2.20. The molecular weight excluding hydrogens is 266 g/mol. The molecule has 0 spiro atoms. The molecule has 2 aromatic rings. The molecule has 0 fully saturated rings. The summed E-state index contributed by atoms with van der Waals surface area (Å²) >= 11 is 1.96. The highest BCUT2D eigenvalue weighted by Crippen LogP contribution is 2.34. The molecule has 0 amide bonds. The van der Waals surface area contributed by atoms with Gasteiger partial charge in [-0.15, -0.1) is 11.3 Å². The predicted octanol–water partition coefficient (Wildman–Crippen LogP) is 3.51.